The van der Waals surface area contributed by atoms with Crippen LogP contribution in [0, 0.1) is 0 Å². The summed E-state index contributed by atoms with van der Waals surface area (Å²) >= 11 is 5.14. The molecule has 0 spiro atoms. The largest absolute Gasteiger partial charge is 0.493 e. The third-order valence-corrected chi connectivity index (χ3v) is 4.26. The van der Waals surface area contributed by atoms with Crippen LogP contribution in [0.15, 0.2) is 48.5 Å². The first-order chi connectivity index (χ1) is 13.6. The zero-order valence-corrected chi connectivity index (χ0v) is 17.1. The molecule has 0 saturated heterocycles. The number of carbonyl (C=O) groups excluding carboxylic acids is 1. The number of nitrogens with one attached hydrogen (secondary N) is 3. The lowest BCUT2D eigenvalue weighted by Crippen LogP contribution is -2.46. The van der Waals surface area contributed by atoms with Crippen LogP contribution in [0.2, 0.25) is 0 Å². The van der Waals surface area contributed by atoms with Crippen molar-refractivity contribution in [1.82, 2.24) is 16.2 Å². The first kappa shape index (κ1) is 21.5. The van der Waals surface area contributed by atoms with Gasteiger partial charge >= 0.3 is 0 Å². The Morgan fingerprint density at radius 1 is 1.04 bits per heavy atom. The molecule has 6 nitrogen and oxygen atoms in total. The number of hydrogen-bond donors (Lipinski definition) is 3. The molecule has 0 unspecified atom stereocenters. The van der Waals surface area contributed by atoms with Gasteiger partial charge in [-0.3, -0.25) is 15.6 Å². The summed E-state index contributed by atoms with van der Waals surface area (Å²) in [7, 11) is 1.54. The second kappa shape index (κ2) is 11.8. The molecule has 1 amide bonds. The van der Waals surface area contributed by atoms with Crippen molar-refractivity contribution >= 4 is 23.2 Å². The highest BCUT2D eigenvalue weighted by Crippen LogP contribution is 2.28. The lowest BCUT2D eigenvalue weighted by Gasteiger charge is -2.14. The molecular formula is C21H27N3O3S. The summed E-state index contributed by atoms with van der Waals surface area (Å²) in [6, 6.07) is 14.9. The molecule has 0 heterocycles. The van der Waals surface area contributed by atoms with Gasteiger partial charge in [0.15, 0.2) is 16.6 Å². The number of unbranched alkanes of at least 4 members (excludes halogenated alkanes) is 2. The summed E-state index contributed by atoms with van der Waals surface area (Å²) in [4.78, 5) is 12.3. The fraction of sp³-hybridized carbons (Fsp3) is 0.333. The minimum atomic E-state index is -0.314. The summed E-state index contributed by atoms with van der Waals surface area (Å²) < 4.78 is 11.2. The first-order valence-electron chi connectivity index (χ1n) is 9.33. The molecule has 2 rings (SSSR count). The van der Waals surface area contributed by atoms with E-state index in [0.717, 1.165) is 31.4 Å². The zero-order valence-electron chi connectivity index (χ0n) is 16.3. The maximum atomic E-state index is 12.3. The van der Waals surface area contributed by atoms with Crippen molar-refractivity contribution in [2.45, 2.75) is 32.8 Å². The zero-order chi connectivity index (χ0) is 20.2. The highest BCUT2D eigenvalue weighted by molar-refractivity contribution is 7.80. The Morgan fingerprint density at radius 3 is 2.54 bits per heavy atom. The Morgan fingerprint density at radius 2 is 1.82 bits per heavy atom. The van der Waals surface area contributed by atoms with Crippen molar-refractivity contribution in [2.24, 2.45) is 0 Å². The Kier molecular flexibility index (Phi) is 9.07. The Balaban J connectivity index is 1.87. The molecule has 0 fully saturated rings. The van der Waals surface area contributed by atoms with Crippen LogP contribution in [-0.4, -0.2) is 24.7 Å². The van der Waals surface area contributed by atoms with Crippen molar-refractivity contribution < 1.29 is 14.3 Å². The molecule has 150 valence electrons. The predicted molar refractivity (Wildman–Crippen MR) is 114 cm³/mol. The van der Waals surface area contributed by atoms with Gasteiger partial charge in [-0.25, -0.2) is 0 Å². The van der Waals surface area contributed by atoms with Crippen LogP contribution < -0.4 is 25.6 Å². The van der Waals surface area contributed by atoms with Crippen LogP contribution in [-0.2, 0) is 6.61 Å². The number of thiocarbonyl (C=S) groups is 1. The molecule has 0 aromatic heterocycles. The van der Waals surface area contributed by atoms with E-state index in [2.05, 4.69) is 23.1 Å². The normalized spacial score (nSPS) is 10.1. The number of hydrazine groups is 1. The van der Waals surface area contributed by atoms with Crippen molar-refractivity contribution in [3.8, 4) is 11.5 Å². The minimum absolute atomic E-state index is 0.314. The molecule has 3 N–H and O–H groups in total. The van der Waals surface area contributed by atoms with Gasteiger partial charge in [-0.1, -0.05) is 50.1 Å². The maximum absolute atomic E-state index is 12.3. The van der Waals surface area contributed by atoms with Crippen LogP contribution >= 0.6 is 12.2 Å². The van der Waals surface area contributed by atoms with Crippen molar-refractivity contribution in [3.63, 3.8) is 0 Å². The molecule has 28 heavy (non-hydrogen) atoms. The number of carbonyl (C=O) groups is 1. The third-order valence-electron chi connectivity index (χ3n) is 4.02. The Bertz CT molecular complexity index is 769. The number of methoxy groups -OCH3 is 1. The van der Waals surface area contributed by atoms with E-state index >= 15 is 0 Å². The van der Waals surface area contributed by atoms with Gasteiger partial charge in [0.1, 0.15) is 6.61 Å². The monoisotopic (exact) mass is 401 g/mol. The van der Waals surface area contributed by atoms with E-state index in [0.29, 0.717) is 28.8 Å². The molecular weight excluding hydrogens is 374 g/mol. The predicted octanol–water partition coefficient (Wildman–Crippen LogP) is 3.57. The molecule has 0 radical (unpaired) electrons. The van der Waals surface area contributed by atoms with E-state index < -0.39 is 0 Å². The van der Waals surface area contributed by atoms with Crippen LogP contribution in [0.25, 0.3) is 0 Å². The van der Waals surface area contributed by atoms with Gasteiger partial charge in [0.05, 0.1) is 7.11 Å². The minimum Gasteiger partial charge on any atom is -0.493 e. The highest BCUT2D eigenvalue weighted by Gasteiger charge is 2.11. The number of amides is 1. The number of benzene rings is 2. The van der Waals surface area contributed by atoms with Crippen LogP contribution in [0.1, 0.15) is 42.1 Å². The number of hydrogen-bond acceptors (Lipinski definition) is 4. The SMILES string of the molecule is CCCCCNC(=S)NNC(=O)c1ccc(OCc2ccccc2)c(OC)c1. The summed E-state index contributed by atoms with van der Waals surface area (Å²) in [5.41, 5.74) is 6.77. The molecule has 2 aromatic rings. The summed E-state index contributed by atoms with van der Waals surface area (Å²) in [5, 5.41) is 3.44. The second-order valence-electron chi connectivity index (χ2n) is 6.18. The molecule has 0 bridgehead atoms. The van der Waals surface area contributed by atoms with Crippen molar-refractivity contribution in [1.29, 1.82) is 0 Å². The van der Waals surface area contributed by atoms with E-state index in [-0.39, 0.29) is 5.91 Å². The average Bonchev–Trinajstić information content (AvgIpc) is 2.74. The maximum Gasteiger partial charge on any atom is 0.269 e. The molecule has 0 aliphatic rings. The van der Waals surface area contributed by atoms with Gasteiger partial charge in [0, 0.05) is 12.1 Å². The van der Waals surface area contributed by atoms with Gasteiger partial charge in [0.25, 0.3) is 5.91 Å². The van der Waals surface area contributed by atoms with Gasteiger partial charge in [-0.05, 0) is 42.4 Å². The van der Waals surface area contributed by atoms with E-state index in [9.17, 15) is 4.79 Å². The molecule has 0 saturated carbocycles. The molecule has 0 aliphatic heterocycles. The second-order valence-corrected chi connectivity index (χ2v) is 6.59. The molecule has 0 aliphatic carbocycles. The van der Waals surface area contributed by atoms with Gasteiger partial charge < -0.3 is 14.8 Å². The topological polar surface area (TPSA) is 71.6 Å². The van der Waals surface area contributed by atoms with E-state index in [1.165, 1.54) is 0 Å². The fourth-order valence-electron chi connectivity index (χ4n) is 2.47. The summed E-state index contributed by atoms with van der Waals surface area (Å²) in [6.07, 6.45) is 3.32. The molecule has 0 atom stereocenters. The van der Waals surface area contributed by atoms with Gasteiger partial charge in [-0.2, -0.15) is 0 Å². The van der Waals surface area contributed by atoms with Gasteiger partial charge in [-0.15, -0.1) is 0 Å². The first-order valence-corrected chi connectivity index (χ1v) is 9.73. The Hall–Kier alpha value is -2.80. The summed E-state index contributed by atoms with van der Waals surface area (Å²) in [6.45, 7) is 3.34. The Labute approximate surface area is 171 Å². The lowest BCUT2D eigenvalue weighted by molar-refractivity contribution is 0.0943. The van der Waals surface area contributed by atoms with Crippen LogP contribution in [0.5, 0.6) is 11.5 Å². The van der Waals surface area contributed by atoms with Crippen molar-refractivity contribution in [2.75, 3.05) is 13.7 Å². The summed E-state index contributed by atoms with van der Waals surface area (Å²) in [5.74, 6) is 0.749. The van der Waals surface area contributed by atoms with E-state index in [4.69, 9.17) is 21.7 Å². The molecule has 7 heteroatoms. The van der Waals surface area contributed by atoms with Gasteiger partial charge in [0.2, 0.25) is 0 Å². The quantitative estimate of drug-likeness (QED) is 0.339. The lowest BCUT2D eigenvalue weighted by atomic mass is 10.2. The smallest absolute Gasteiger partial charge is 0.269 e. The molecule has 2 aromatic carbocycles. The average molecular weight is 402 g/mol. The highest BCUT2D eigenvalue weighted by atomic mass is 32.1. The number of rotatable bonds is 9. The third kappa shape index (κ3) is 7.08. The van der Waals surface area contributed by atoms with E-state index in [1.54, 1.807) is 25.3 Å². The van der Waals surface area contributed by atoms with Crippen LogP contribution in [0.4, 0.5) is 0 Å². The van der Waals surface area contributed by atoms with E-state index in [1.807, 2.05) is 30.3 Å². The van der Waals surface area contributed by atoms with Crippen LogP contribution in [0.3, 0.4) is 0 Å². The van der Waals surface area contributed by atoms with Crippen molar-refractivity contribution in [3.05, 3.63) is 59.7 Å². The number of ether oxygens (including phenoxy) is 2. The fourth-order valence-corrected chi connectivity index (χ4v) is 2.62. The standard InChI is InChI=1S/C21H27N3O3S/c1-3-4-8-13-22-21(28)24-23-20(25)17-11-12-18(19(14-17)26-2)27-15-16-9-6-5-7-10-16/h5-7,9-12,14H,3-4,8,13,15H2,1-2H3,(H,23,25)(H2,22,24,28).